The Labute approximate surface area is 163 Å². The number of hydrogen-bond acceptors (Lipinski definition) is 5. The molecule has 0 atom stereocenters. The fraction of sp³-hybridized carbons (Fsp3) is 0.429. The van der Waals surface area contributed by atoms with Crippen molar-refractivity contribution in [3.63, 3.8) is 0 Å². The van der Waals surface area contributed by atoms with Gasteiger partial charge in [-0.15, -0.1) is 0 Å². The molecular formula is C21H25FN2O4. The van der Waals surface area contributed by atoms with Crippen molar-refractivity contribution < 1.29 is 23.1 Å². The van der Waals surface area contributed by atoms with E-state index < -0.39 is 5.60 Å². The van der Waals surface area contributed by atoms with Gasteiger partial charge in [0.25, 0.3) is 0 Å². The smallest absolute Gasteiger partial charge is 0.410 e. The Morgan fingerprint density at radius 2 is 1.96 bits per heavy atom. The Morgan fingerprint density at radius 3 is 2.57 bits per heavy atom. The Morgan fingerprint density at radius 1 is 1.25 bits per heavy atom. The van der Waals surface area contributed by atoms with Crippen LogP contribution in [-0.2, 0) is 4.74 Å². The van der Waals surface area contributed by atoms with Gasteiger partial charge in [-0.25, -0.2) is 9.18 Å². The zero-order valence-corrected chi connectivity index (χ0v) is 16.3. The van der Waals surface area contributed by atoms with E-state index >= 15 is 0 Å². The van der Waals surface area contributed by atoms with E-state index in [0.717, 1.165) is 18.5 Å². The molecule has 1 fully saturated rings. The summed E-state index contributed by atoms with van der Waals surface area (Å²) in [5.74, 6) is 0.232. The molecule has 0 spiro atoms. The maximum Gasteiger partial charge on any atom is 0.410 e. The molecule has 1 aromatic heterocycles. The summed E-state index contributed by atoms with van der Waals surface area (Å²) in [6.07, 6.45) is 1.80. The fourth-order valence-corrected chi connectivity index (χ4v) is 3.16. The van der Waals surface area contributed by atoms with Crippen molar-refractivity contribution in [1.29, 1.82) is 0 Å². The van der Waals surface area contributed by atoms with Gasteiger partial charge in [0.15, 0.2) is 12.0 Å². The first kappa shape index (κ1) is 19.9. The minimum Gasteiger partial charge on any atom is -0.453 e. The molecule has 0 aliphatic carbocycles. The minimum absolute atomic E-state index is 0.128. The Kier molecular flexibility index (Phi) is 5.72. The van der Waals surface area contributed by atoms with Crippen molar-refractivity contribution in [1.82, 2.24) is 4.90 Å². The third-order valence-electron chi connectivity index (χ3n) is 4.50. The van der Waals surface area contributed by atoms with Gasteiger partial charge in [0, 0.05) is 30.4 Å². The number of aldehydes is 1. The number of nitrogens with one attached hydrogen (secondary N) is 1. The van der Waals surface area contributed by atoms with Crippen molar-refractivity contribution in [3.8, 4) is 11.3 Å². The molecule has 7 heteroatoms. The first-order chi connectivity index (χ1) is 13.2. The van der Waals surface area contributed by atoms with Gasteiger partial charge < -0.3 is 19.4 Å². The van der Waals surface area contributed by atoms with Crippen LogP contribution in [0.4, 0.5) is 14.9 Å². The lowest BCUT2D eigenvalue weighted by molar-refractivity contribution is 0.0210. The van der Waals surface area contributed by atoms with Crippen LogP contribution in [0.2, 0.25) is 0 Å². The fourth-order valence-electron chi connectivity index (χ4n) is 3.16. The van der Waals surface area contributed by atoms with Crippen molar-refractivity contribution in [3.05, 3.63) is 41.9 Å². The van der Waals surface area contributed by atoms with Crippen LogP contribution in [0.15, 0.2) is 34.7 Å². The molecule has 3 rings (SSSR count). The van der Waals surface area contributed by atoms with E-state index in [-0.39, 0.29) is 23.7 Å². The first-order valence-corrected chi connectivity index (χ1v) is 9.34. The van der Waals surface area contributed by atoms with Crippen LogP contribution in [0.5, 0.6) is 0 Å². The topological polar surface area (TPSA) is 71.8 Å². The molecule has 1 saturated heterocycles. The number of furan rings is 1. The molecule has 1 amide bonds. The molecule has 150 valence electrons. The lowest BCUT2D eigenvalue weighted by Gasteiger charge is -2.34. The van der Waals surface area contributed by atoms with Gasteiger partial charge in [-0.1, -0.05) is 0 Å². The van der Waals surface area contributed by atoms with E-state index in [9.17, 15) is 14.0 Å². The number of benzene rings is 1. The second kappa shape index (κ2) is 8.04. The van der Waals surface area contributed by atoms with Crippen LogP contribution in [0.3, 0.4) is 0 Å². The average molecular weight is 388 g/mol. The van der Waals surface area contributed by atoms with E-state index in [0.29, 0.717) is 30.7 Å². The largest absolute Gasteiger partial charge is 0.453 e. The number of halogens is 1. The molecule has 2 heterocycles. The van der Waals surface area contributed by atoms with Crippen molar-refractivity contribution in [2.45, 2.75) is 45.3 Å². The lowest BCUT2D eigenvalue weighted by atomic mass is 10.0. The van der Waals surface area contributed by atoms with Gasteiger partial charge in [-0.2, -0.15) is 0 Å². The van der Waals surface area contributed by atoms with Crippen LogP contribution in [0.1, 0.15) is 44.2 Å². The van der Waals surface area contributed by atoms with Gasteiger partial charge in [0.05, 0.1) is 0 Å². The Balaban J connectivity index is 1.67. The molecule has 1 aliphatic heterocycles. The number of anilines is 1. The van der Waals surface area contributed by atoms with E-state index in [1.807, 2.05) is 20.8 Å². The van der Waals surface area contributed by atoms with Gasteiger partial charge in [0.2, 0.25) is 0 Å². The number of hydrogen-bond donors (Lipinski definition) is 1. The molecule has 1 N–H and O–H groups in total. The second-order valence-electron chi connectivity index (χ2n) is 7.90. The van der Waals surface area contributed by atoms with E-state index in [2.05, 4.69) is 5.32 Å². The van der Waals surface area contributed by atoms with Gasteiger partial charge in [-0.3, -0.25) is 4.79 Å². The minimum atomic E-state index is -0.515. The number of carbonyl (C=O) groups excluding carboxylic acids is 2. The molecular weight excluding hydrogens is 363 g/mol. The molecule has 28 heavy (non-hydrogen) atoms. The quantitative estimate of drug-likeness (QED) is 0.768. The van der Waals surface area contributed by atoms with E-state index in [4.69, 9.17) is 9.15 Å². The molecule has 1 aromatic carbocycles. The zero-order chi connectivity index (χ0) is 20.3. The van der Waals surface area contributed by atoms with Crippen LogP contribution in [-0.4, -0.2) is 42.0 Å². The van der Waals surface area contributed by atoms with Crippen molar-refractivity contribution in [2.75, 3.05) is 18.4 Å². The highest BCUT2D eigenvalue weighted by molar-refractivity contribution is 5.78. The highest BCUT2D eigenvalue weighted by Gasteiger charge is 2.27. The predicted molar refractivity (Wildman–Crippen MR) is 104 cm³/mol. The second-order valence-corrected chi connectivity index (χ2v) is 7.90. The molecule has 1 aliphatic rings. The van der Waals surface area contributed by atoms with Crippen molar-refractivity contribution >= 4 is 18.1 Å². The predicted octanol–water partition coefficient (Wildman–Crippen LogP) is 4.71. The Hall–Kier alpha value is -2.83. The summed E-state index contributed by atoms with van der Waals surface area (Å²) in [4.78, 5) is 24.8. The molecule has 0 unspecified atom stereocenters. The number of likely N-dealkylation sites (tertiary alicyclic amines) is 1. The maximum atomic E-state index is 13.8. The summed E-state index contributed by atoms with van der Waals surface area (Å²) < 4.78 is 24.7. The molecule has 0 saturated carbocycles. The SMILES string of the molecule is CC(C)(C)OC(=O)N1CCC(Nc2ccc(F)cc2-c2ccc(C=O)o2)CC1. The maximum absolute atomic E-state index is 13.8. The first-order valence-electron chi connectivity index (χ1n) is 9.34. The third-order valence-corrected chi connectivity index (χ3v) is 4.50. The average Bonchev–Trinajstić information content (AvgIpc) is 3.11. The summed E-state index contributed by atoms with van der Waals surface area (Å²) in [5, 5.41) is 3.42. The normalized spacial score (nSPS) is 15.4. The number of nitrogens with zero attached hydrogens (tertiary/aromatic N) is 1. The highest BCUT2D eigenvalue weighted by Crippen LogP contribution is 2.31. The number of rotatable bonds is 4. The summed E-state index contributed by atoms with van der Waals surface area (Å²) >= 11 is 0. The molecule has 0 radical (unpaired) electrons. The molecule has 6 nitrogen and oxygen atoms in total. The molecule has 2 aromatic rings. The number of carbonyl (C=O) groups is 2. The monoisotopic (exact) mass is 388 g/mol. The van der Waals surface area contributed by atoms with Crippen LogP contribution in [0, 0.1) is 5.82 Å². The third kappa shape index (κ3) is 4.91. The van der Waals surface area contributed by atoms with E-state index in [1.165, 1.54) is 12.1 Å². The molecule has 0 bridgehead atoms. The zero-order valence-electron chi connectivity index (χ0n) is 16.3. The summed E-state index contributed by atoms with van der Waals surface area (Å²) in [5.41, 5.74) is 0.769. The van der Waals surface area contributed by atoms with Gasteiger partial charge >= 0.3 is 6.09 Å². The number of ether oxygens (including phenoxy) is 1. The summed E-state index contributed by atoms with van der Waals surface area (Å²) in [6, 6.07) is 7.75. The van der Waals surface area contributed by atoms with Crippen LogP contribution in [0.25, 0.3) is 11.3 Å². The van der Waals surface area contributed by atoms with Gasteiger partial charge in [0.1, 0.15) is 17.2 Å². The standard InChI is InChI=1S/C21H25FN2O4/c1-21(2,3)28-20(26)24-10-8-15(9-11-24)23-18-6-4-14(22)12-17(18)19-7-5-16(13-25)27-19/h4-7,12-13,15,23H,8-11H2,1-3H3. The van der Waals surface area contributed by atoms with Crippen LogP contribution < -0.4 is 5.32 Å². The van der Waals surface area contributed by atoms with Gasteiger partial charge in [-0.05, 0) is 63.9 Å². The van der Waals surface area contributed by atoms with Crippen molar-refractivity contribution in [2.24, 2.45) is 0 Å². The Bertz CT molecular complexity index is 848. The summed E-state index contributed by atoms with van der Waals surface area (Å²) in [7, 11) is 0. The summed E-state index contributed by atoms with van der Waals surface area (Å²) in [6.45, 7) is 6.71. The number of piperidine rings is 1. The van der Waals surface area contributed by atoms with Crippen LogP contribution >= 0.6 is 0 Å². The lowest BCUT2D eigenvalue weighted by Crippen LogP contribution is -2.44. The van der Waals surface area contributed by atoms with E-state index in [1.54, 1.807) is 23.1 Å². The number of amides is 1. The highest BCUT2D eigenvalue weighted by atomic mass is 19.1.